The molecule has 0 saturated carbocycles. The summed E-state index contributed by atoms with van der Waals surface area (Å²) >= 11 is 5.08. The zero-order valence-corrected chi connectivity index (χ0v) is 14.8. The molecule has 1 unspecified atom stereocenters. The lowest BCUT2D eigenvalue weighted by Gasteiger charge is -2.35. The number of fused-ring (bicyclic) bond motifs is 1. The summed E-state index contributed by atoms with van der Waals surface area (Å²) in [4.78, 5) is 25.7. The fourth-order valence-corrected chi connectivity index (χ4v) is 4.16. The van der Waals surface area contributed by atoms with Crippen LogP contribution >= 0.6 is 27.3 Å². The van der Waals surface area contributed by atoms with Gasteiger partial charge in [0.1, 0.15) is 6.04 Å². The largest absolute Gasteiger partial charge is 0.480 e. The quantitative estimate of drug-likeness (QED) is 0.864. The van der Waals surface area contributed by atoms with Crippen molar-refractivity contribution in [2.45, 2.75) is 31.8 Å². The lowest BCUT2D eigenvalue weighted by Crippen LogP contribution is -2.48. The standard InChI is InChI=1S/C17H16BrNO3S/c18-14-3-1-2-12-9-19(15(17(21)22)8-13(12)14)16(20)5-4-11-6-7-23-10-11/h1-3,6-7,10,15H,4-5,8-9H2,(H,21,22). The highest BCUT2D eigenvalue weighted by Crippen LogP contribution is 2.30. The molecule has 0 radical (unpaired) electrons. The van der Waals surface area contributed by atoms with E-state index in [0.717, 1.165) is 21.2 Å². The highest BCUT2D eigenvalue weighted by molar-refractivity contribution is 9.10. The van der Waals surface area contributed by atoms with Crippen molar-refractivity contribution in [1.29, 1.82) is 0 Å². The van der Waals surface area contributed by atoms with Crippen LogP contribution in [0.1, 0.15) is 23.1 Å². The van der Waals surface area contributed by atoms with Crippen molar-refractivity contribution in [3.8, 4) is 0 Å². The van der Waals surface area contributed by atoms with Crippen LogP contribution in [0.15, 0.2) is 39.5 Å². The van der Waals surface area contributed by atoms with Crippen LogP contribution in [0.25, 0.3) is 0 Å². The van der Waals surface area contributed by atoms with Crippen LogP contribution < -0.4 is 0 Å². The van der Waals surface area contributed by atoms with Crippen molar-refractivity contribution in [1.82, 2.24) is 4.90 Å². The van der Waals surface area contributed by atoms with Gasteiger partial charge in [-0.3, -0.25) is 4.79 Å². The Bertz CT molecular complexity index is 729. The second kappa shape index (κ2) is 6.84. The van der Waals surface area contributed by atoms with Crippen LogP contribution in [-0.4, -0.2) is 27.9 Å². The number of aryl methyl sites for hydroxylation is 1. The van der Waals surface area contributed by atoms with Crippen LogP contribution in [0.4, 0.5) is 0 Å². The summed E-state index contributed by atoms with van der Waals surface area (Å²) in [6.07, 6.45) is 1.33. The van der Waals surface area contributed by atoms with E-state index in [9.17, 15) is 14.7 Å². The van der Waals surface area contributed by atoms with E-state index >= 15 is 0 Å². The number of amides is 1. The normalized spacial score (nSPS) is 16.9. The highest BCUT2D eigenvalue weighted by atomic mass is 79.9. The molecule has 2 heterocycles. The molecule has 1 aromatic carbocycles. The van der Waals surface area contributed by atoms with E-state index in [-0.39, 0.29) is 5.91 Å². The van der Waals surface area contributed by atoms with E-state index < -0.39 is 12.0 Å². The predicted octanol–water partition coefficient (Wildman–Crippen LogP) is 3.48. The van der Waals surface area contributed by atoms with Gasteiger partial charge in [-0.2, -0.15) is 11.3 Å². The molecule has 1 aliphatic rings. The number of carboxylic acid groups (broad SMARTS) is 1. The van der Waals surface area contributed by atoms with Gasteiger partial charge in [-0.15, -0.1) is 0 Å². The van der Waals surface area contributed by atoms with Gasteiger partial charge in [0.25, 0.3) is 0 Å². The number of hydrogen-bond acceptors (Lipinski definition) is 3. The van der Waals surface area contributed by atoms with Crippen LogP contribution in [0.2, 0.25) is 0 Å². The maximum atomic E-state index is 12.6. The number of carbonyl (C=O) groups is 2. The second-order valence-corrected chi connectivity index (χ2v) is 7.22. The maximum absolute atomic E-state index is 12.6. The second-order valence-electron chi connectivity index (χ2n) is 5.59. The molecular formula is C17H16BrNO3S. The summed E-state index contributed by atoms with van der Waals surface area (Å²) < 4.78 is 0.909. The minimum absolute atomic E-state index is 0.103. The van der Waals surface area contributed by atoms with Gasteiger partial charge >= 0.3 is 5.97 Å². The molecule has 2 aromatic rings. The summed E-state index contributed by atoms with van der Waals surface area (Å²) in [5.74, 6) is -1.05. The third kappa shape index (κ3) is 3.48. The van der Waals surface area contributed by atoms with E-state index in [1.807, 2.05) is 35.0 Å². The first-order valence-electron chi connectivity index (χ1n) is 7.36. The maximum Gasteiger partial charge on any atom is 0.326 e. The van der Waals surface area contributed by atoms with Gasteiger partial charge in [0, 0.05) is 23.9 Å². The number of nitrogens with zero attached hydrogens (tertiary/aromatic N) is 1. The molecule has 6 heteroatoms. The molecule has 1 amide bonds. The summed E-state index contributed by atoms with van der Waals surface area (Å²) in [6, 6.07) is 6.98. The predicted molar refractivity (Wildman–Crippen MR) is 92.5 cm³/mol. The minimum Gasteiger partial charge on any atom is -0.480 e. The Morgan fingerprint density at radius 1 is 1.35 bits per heavy atom. The molecular weight excluding hydrogens is 378 g/mol. The van der Waals surface area contributed by atoms with Gasteiger partial charge in [-0.1, -0.05) is 28.1 Å². The van der Waals surface area contributed by atoms with Crippen LogP contribution in [0, 0.1) is 0 Å². The van der Waals surface area contributed by atoms with Crippen molar-refractivity contribution in [2.75, 3.05) is 0 Å². The fourth-order valence-electron chi connectivity index (χ4n) is 2.89. The van der Waals surface area contributed by atoms with Gasteiger partial charge in [0.2, 0.25) is 5.91 Å². The van der Waals surface area contributed by atoms with Crippen LogP contribution in [0.3, 0.4) is 0 Å². The number of thiophene rings is 1. The number of halogens is 1. The first-order valence-corrected chi connectivity index (χ1v) is 9.09. The van der Waals surface area contributed by atoms with Gasteiger partial charge < -0.3 is 10.0 Å². The number of benzene rings is 1. The molecule has 1 aromatic heterocycles. The summed E-state index contributed by atoms with van der Waals surface area (Å²) in [5, 5.41) is 13.5. The fraction of sp³-hybridized carbons (Fsp3) is 0.294. The lowest BCUT2D eigenvalue weighted by atomic mass is 9.93. The van der Waals surface area contributed by atoms with Gasteiger partial charge in [0.05, 0.1) is 0 Å². The zero-order valence-electron chi connectivity index (χ0n) is 12.4. The van der Waals surface area contributed by atoms with Crippen LogP contribution in [0.5, 0.6) is 0 Å². The first kappa shape index (κ1) is 16.2. The van der Waals surface area contributed by atoms with E-state index in [0.29, 0.717) is 25.8 Å². The lowest BCUT2D eigenvalue weighted by molar-refractivity contribution is -0.151. The number of carbonyl (C=O) groups excluding carboxylic acids is 1. The first-order chi connectivity index (χ1) is 11.1. The molecule has 0 fully saturated rings. The summed E-state index contributed by atoms with van der Waals surface area (Å²) in [6.45, 7) is 0.355. The molecule has 4 nitrogen and oxygen atoms in total. The molecule has 23 heavy (non-hydrogen) atoms. The smallest absolute Gasteiger partial charge is 0.326 e. The average molecular weight is 394 g/mol. The molecule has 0 aliphatic carbocycles. The topological polar surface area (TPSA) is 57.6 Å². The monoisotopic (exact) mass is 393 g/mol. The number of hydrogen-bond donors (Lipinski definition) is 1. The Balaban J connectivity index is 1.79. The van der Waals surface area contributed by atoms with Gasteiger partial charge in [-0.05, 0) is 46.0 Å². The van der Waals surface area contributed by atoms with Crippen molar-refractivity contribution in [2.24, 2.45) is 0 Å². The minimum atomic E-state index is -0.949. The molecule has 1 N–H and O–H groups in total. The molecule has 1 atom stereocenters. The van der Waals surface area contributed by atoms with Crippen LogP contribution in [-0.2, 0) is 29.0 Å². The molecule has 120 valence electrons. The van der Waals surface area contributed by atoms with Gasteiger partial charge in [0.15, 0.2) is 0 Å². The van der Waals surface area contributed by atoms with E-state index in [1.165, 1.54) is 4.90 Å². The molecule has 3 rings (SSSR count). The molecule has 1 aliphatic heterocycles. The Labute approximate surface area is 146 Å². The van der Waals surface area contributed by atoms with Crippen molar-refractivity contribution in [3.05, 3.63) is 56.2 Å². The number of rotatable bonds is 4. The average Bonchev–Trinajstić information content (AvgIpc) is 3.05. The van der Waals surface area contributed by atoms with Crippen molar-refractivity contribution < 1.29 is 14.7 Å². The Kier molecular flexibility index (Phi) is 4.82. The van der Waals surface area contributed by atoms with Gasteiger partial charge in [-0.25, -0.2) is 4.79 Å². The van der Waals surface area contributed by atoms with E-state index in [2.05, 4.69) is 15.9 Å². The van der Waals surface area contributed by atoms with E-state index in [1.54, 1.807) is 11.3 Å². The summed E-state index contributed by atoms with van der Waals surface area (Å²) in [7, 11) is 0. The molecule has 0 bridgehead atoms. The van der Waals surface area contributed by atoms with Crippen molar-refractivity contribution >= 4 is 39.1 Å². The SMILES string of the molecule is O=C(O)C1Cc2c(Br)cccc2CN1C(=O)CCc1ccsc1. The Morgan fingerprint density at radius 3 is 2.87 bits per heavy atom. The third-order valence-electron chi connectivity index (χ3n) is 4.14. The molecule has 0 spiro atoms. The van der Waals surface area contributed by atoms with Crippen molar-refractivity contribution in [3.63, 3.8) is 0 Å². The molecule has 0 saturated heterocycles. The third-order valence-corrected chi connectivity index (χ3v) is 5.62. The number of aliphatic carboxylic acids is 1. The summed E-state index contributed by atoms with van der Waals surface area (Å²) in [5.41, 5.74) is 3.12. The Morgan fingerprint density at radius 2 is 2.17 bits per heavy atom. The Hall–Kier alpha value is -1.66. The highest BCUT2D eigenvalue weighted by Gasteiger charge is 2.34. The van der Waals surface area contributed by atoms with E-state index in [4.69, 9.17) is 0 Å². The number of carboxylic acids is 1. The zero-order chi connectivity index (χ0) is 16.4.